The van der Waals surface area contributed by atoms with E-state index < -0.39 is 15.8 Å². The lowest BCUT2D eigenvalue weighted by Crippen LogP contribution is -2.38. The number of cyclic esters (lactones) is 1. The van der Waals surface area contributed by atoms with Crippen molar-refractivity contribution in [3.05, 3.63) is 29.8 Å². The van der Waals surface area contributed by atoms with E-state index in [9.17, 15) is 22.8 Å². The molecule has 3 fully saturated rings. The number of anilines is 1. The number of hydrogen-bond acceptors (Lipinski definition) is 6. The summed E-state index contributed by atoms with van der Waals surface area (Å²) >= 11 is 0. The molecular formula is C19H23N3O6S. The van der Waals surface area contributed by atoms with Gasteiger partial charge in [0, 0.05) is 31.2 Å². The summed E-state index contributed by atoms with van der Waals surface area (Å²) in [5.74, 6) is -0.875. The highest BCUT2D eigenvalue weighted by Gasteiger charge is 2.41. The predicted molar refractivity (Wildman–Crippen MR) is 104 cm³/mol. The summed E-state index contributed by atoms with van der Waals surface area (Å²) in [6, 6.07) is 6.88. The van der Waals surface area contributed by atoms with Gasteiger partial charge in [-0.05, 0) is 24.1 Å². The van der Waals surface area contributed by atoms with Crippen molar-refractivity contribution in [2.45, 2.75) is 25.4 Å². The Labute approximate surface area is 168 Å². The first-order valence-electron chi connectivity index (χ1n) is 9.62. The van der Waals surface area contributed by atoms with E-state index in [0.717, 1.165) is 5.56 Å². The molecule has 0 saturated carbocycles. The maximum absolute atomic E-state index is 12.7. The van der Waals surface area contributed by atoms with Gasteiger partial charge in [0.2, 0.25) is 11.8 Å². The third-order valence-corrected chi connectivity index (χ3v) is 7.34. The normalized spacial score (nSPS) is 26.1. The van der Waals surface area contributed by atoms with Crippen LogP contribution in [0.1, 0.15) is 18.4 Å². The molecule has 9 nitrogen and oxygen atoms in total. The monoisotopic (exact) mass is 421 g/mol. The fourth-order valence-corrected chi connectivity index (χ4v) is 5.79. The number of sulfone groups is 1. The number of nitrogens with zero attached hydrogens (tertiary/aromatic N) is 2. The second-order valence-corrected chi connectivity index (χ2v) is 9.96. The van der Waals surface area contributed by atoms with Crippen molar-refractivity contribution >= 4 is 33.4 Å². The first-order chi connectivity index (χ1) is 13.8. The molecule has 3 aliphatic rings. The SMILES string of the molecule is O=C(Nc1cccc(CN2CCOC2=O)c1)[C@H]1CC(=O)N([C@H]2CCS(=O)(=O)C2)C1. The number of carbonyl (C=O) groups is 3. The molecule has 0 bridgehead atoms. The highest BCUT2D eigenvalue weighted by Crippen LogP contribution is 2.27. The van der Waals surface area contributed by atoms with Gasteiger partial charge in [-0.1, -0.05) is 12.1 Å². The first kappa shape index (κ1) is 19.7. The Kier molecular flexibility index (Phi) is 5.20. The van der Waals surface area contributed by atoms with E-state index in [1.165, 1.54) is 0 Å². The zero-order valence-electron chi connectivity index (χ0n) is 15.9. The van der Waals surface area contributed by atoms with Gasteiger partial charge in [-0.25, -0.2) is 13.2 Å². The summed E-state index contributed by atoms with van der Waals surface area (Å²) in [5.41, 5.74) is 1.45. The Morgan fingerprint density at radius 3 is 2.79 bits per heavy atom. The molecule has 1 aromatic carbocycles. The van der Waals surface area contributed by atoms with Crippen LogP contribution in [-0.2, 0) is 30.7 Å². The molecule has 0 aliphatic carbocycles. The molecule has 4 rings (SSSR count). The number of rotatable bonds is 5. The fourth-order valence-electron chi connectivity index (χ4n) is 4.06. The zero-order valence-corrected chi connectivity index (χ0v) is 16.7. The molecule has 3 saturated heterocycles. The van der Waals surface area contributed by atoms with Gasteiger partial charge < -0.3 is 19.9 Å². The van der Waals surface area contributed by atoms with Gasteiger partial charge in [0.15, 0.2) is 9.84 Å². The van der Waals surface area contributed by atoms with Crippen LogP contribution < -0.4 is 5.32 Å². The molecule has 2 atom stereocenters. The smallest absolute Gasteiger partial charge is 0.410 e. The number of nitrogens with one attached hydrogen (secondary N) is 1. The van der Waals surface area contributed by atoms with Gasteiger partial charge in [-0.15, -0.1) is 0 Å². The van der Waals surface area contributed by atoms with Crippen LogP contribution in [-0.4, -0.2) is 73.4 Å². The lowest BCUT2D eigenvalue weighted by molar-refractivity contribution is -0.129. The standard InChI is InChI=1S/C19H23N3O6S/c23-17-9-14(11-22(17)16-4-7-29(26,27)12-16)18(24)20-15-3-1-2-13(8-15)10-21-5-6-28-19(21)25/h1-3,8,14,16H,4-7,9-12H2,(H,20,24)/t14-,16-/m0/s1. The Morgan fingerprint density at radius 1 is 1.28 bits per heavy atom. The van der Waals surface area contributed by atoms with Crippen molar-refractivity contribution in [2.75, 3.05) is 36.5 Å². The highest BCUT2D eigenvalue weighted by atomic mass is 32.2. The number of carbonyl (C=O) groups excluding carboxylic acids is 3. The highest BCUT2D eigenvalue weighted by molar-refractivity contribution is 7.91. The van der Waals surface area contributed by atoms with Gasteiger partial charge in [-0.3, -0.25) is 9.59 Å². The van der Waals surface area contributed by atoms with E-state index in [0.29, 0.717) is 31.8 Å². The minimum absolute atomic E-state index is 0.0198. The molecule has 1 aromatic rings. The second-order valence-electron chi connectivity index (χ2n) is 7.73. The lowest BCUT2D eigenvalue weighted by Gasteiger charge is -2.23. The lowest BCUT2D eigenvalue weighted by atomic mass is 10.1. The number of amides is 3. The number of hydrogen-bond donors (Lipinski definition) is 1. The Hall–Kier alpha value is -2.62. The average molecular weight is 421 g/mol. The molecule has 3 heterocycles. The summed E-state index contributed by atoms with van der Waals surface area (Å²) in [7, 11) is -3.09. The fraction of sp³-hybridized carbons (Fsp3) is 0.526. The summed E-state index contributed by atoms with van der Waals surface area (Å²) in [5, 5.41) is 2.84. The van der Waals surface area contributed by atoms with Crippen molar-refractivity contribution < 1.29 is 27.5 Å². The molecule has 0 radical (unpaired) electrons. The summed E-state index contributed by atoms with van der Waals surface area (Å²) in [6.07, 6.45) is 0.170. The Balaban J connectivity index is 1.36. The molecule has 0 aromatic heterocycles. The van der Waals surface area contributed by atoms with Crippen molar-refractivity contribution in [3.63, 3.8) is 0 Å². The van der Waals surface area contributed by atoms with Crippen molar-refractivity contribution in [1.29, 1.82) is 0 Å². The van der Waals surface area contributed by atoms with E-state index in [2.05, 4.69) is 5.32 Å². The van der Waals surface area contributed by atoms with Crippen LogP contribution in [0.15, 0.2) is 24.3 Å². The first-order valence-corrected chi connectivity index (χ1v) is 11.4. The molecule has 0 spiro atoms. The number of benzene rings is 1. The third kappa shape index (κ3) is 4.36. The molecule has 1 N–H and O–H groups in total. The van der Waals surface area contributed by atoms with Gasteiger partial charge in [0.25, 0.3) is 0 Å². The predicted octanol–water partition coefficient (Wildman–Crippen LogP) is 0.613. The van der Waals surface area contributed by atoms with E-state index in [-0.39, 0.29) is 48.4 Å². The molecule has 3 amide bonds. The third-order valence-electron chi connectivity index (χ3n) is 5.59. The van der Waals surface area contributed by atoms with Crippen LogP contribution in [0.2, 0.25) is 0 Å². The molecule has 29 heavy (non-hydrogen) atoms. The van der Waals surface area contributed by atoms with Gasteiger partial charge in [0.1, 0.15) is 6.61 Å². The van der Waals surface area contributed by atoms with Crippen molar-refractivity contribution in [3.8, 4) is 0 Å². The minimum Gasteiger partial charge on any atom is -0.448 e. The van der Waals surface area contributed by atoms with Crippen LogP contribution in [0.4, 0.5) is 10.5 Å². The van der Waals surface area contributed by atoms with Crippen LogP contribution in [0, 0.1) is 5.92 Å². The topological polar surface area (TPSA) is 113 Å². The van der Waals surface area contributed by atoms with E-state index in [1.807, 2.05) is 6.07 Å². The van der Waals surface area contributed by atoms with E-state index >= 15 is 0 Å². The van der Waals surface area contributed by atoms with E-state index in [4.69, 9.17) is 4.74 Å². The second kappa shape index (κ2) is 7.66. The summed E-state index contributed by atoms with van der Waals surface area (Å²) in [6.45, 7) is 1.55. The molecule has 156 valence electrons. The van der Waals surface area contributed by atoms with Crippen LogP contribution in [0.5, 0.6) is 0 Å². The van der Waals surface area contributed by atoms with Crippen LogP contribution in [0.25, 0.3) is 0 Å². The largest absolute Gasteiger partial charge is 0.448 e. The number of ether oxygens (including phenoxy) is 1. The van der Waals surface area contributed by atoms with Gasteiger partial charge in [0.05, 0.1) is 24.0 Å². The Bertz CT molecular complexity index is 947. The van der Waals surface area contributed by atoms with Gasteiger partial charge >= 0.3 is 6.09 Å². The molecule has 0 unspecified atom stereocenters. The van der Waals surface area contributed by atoms with Crippen molar-refractivity contribution in [1.82, 2.24) is 9.80 Å². The minimum atomic E-state index is -3.09. The molecular weight excluding hydrogens is 398 g/mol. The quantitative estimate of drug-likeness (QED) is 0.745. The maximum Gasteiger partial charge on any atom is 0.410 e. The van der Waals surface area contributed by atoms with Crippen LogP contribution in [0.3, 0.4) is 0 Å². The van der Waals surface area contributed by atoms with Crippen molar-refractivity contribution in [2.24, 2.45) is 5.92 Å². The van der Waals surface area contributed by atoms with Gasteiger partial charge in [-0.2, -0.15) is 0 Å². The summed E-state index contributed by atoms with van der Waals surface area (Å²) < 4.78 is 28.3. The van der Waals surface area contributed by atoms with Crippen LogP contribution >= 0.6 is 0 Å². The molecule has 10 heteroatoms. The summed E-state index contributed by atoms with van der Waals surface area (Å²) in [4.78, 5) is 39.7. The number of likely N-dealkylation sites (tertiary alicyclic amines) is 1. The Morgan fingerprint density at radius 2 is 2.10 bits per heavy atom. The maximum atomic E-state index is 12.7. The molecule has 3 aliphatic heterocycles. The van der Waals surface area contributed by atoms with E-state index in [1.54, 1.807) is 28.0 Å². The average Bonchev–Trinajstić information content (AvgIpc) is 3.34. The zero-order chi connectivity index (χ0) is 20.6.